The fourth-order valence-corrected chi connectivity index (χ4v) is 5.39. The normalized spacial score (nSPS) is 25.8. The number of aromatic carboxylic acids is 1. The number of nitrogens with zero attached hydrogens (tertiary/aromatic N) is 3. The highest BCUT2D eigenvalue weighted by molar-refractivity contribution is 5.88. The number of fused-ring (bicyclic) bond motifs is 1. The molecule has 2 aromatic rings. The summed E-state index contributed by atoms with van der Waals surface area (Å²) in [6.07, 6.45) is 4.76. The quantitative estimate of drug-likeness (QED) is 0.842. The highest BCUT2D eigenvalue weighted by atomic mass is 16.4. The van der Waals surface area contributed by atoms with E-state index in [9.17, 15) is 14.7 Å². The van der Waals surface area contributed by atoms with Crippen LogP contribution < -0.4 is 4.90 Å². The summed E-state index contributed by atoms with van der Waals surface area (Å²) in [5.41, 5.74) is 2.72. The molecule has 2 saturated heterocycles. The molecule has 30 heavy (non-hydrogen) atoms. The van der Waals surface area contributed by atoms with Crippen LogP contribution in [0.3, 0.4) is 0 Å². The summed E-state index contributed by atoms with van der Waals surface area (Å²) in [6.45, 7) is 4.49. The lowest BCUT2D eigenvalue weighted by molar-refractivity contribution is -0.139. The summed E-state index contributed by atoms with van der Waals surface area (Å²) in [5.74, 6) is 0.985. The van der Waals surface area contributed by atoms with E-state index < -0.39 is 5.97 Å². The predicted octanol–water partition coefficient (Wildman–Crippen LogP) is 3.52. The summed E-state index contributed by atoms with van der Waals surface area (Å²) < 4.78 is 0. The lowest BCUT2D eigenvalue weighted by Crippen LogP contribution is -2.41. The Morgan fingerprint density at radius 3 is 2.60 bits per heavy atom. The van der Waals surface area contributed by atoms with Gasteiger partial charge in [0.25, 0.3) is 0 Å². The van der Waals surface area contributed by atoms with Crippen molar-refractivity contribution in [2.45, 2.75) is 32.2 Å². The molecule has 3 fully saturated rings. The number of likely N-dealkylation sites (tertiary alicyclic amines) is 1. The number of anilines is 1. The third-order valence-electron chi connectivity index (χ3n) is 7.23. The molecule has 1 aromatic carbocycles. The van der Waals surface area contributed by atoms with Crippen molar-refractivity contribution in [3.63, 3.8) is 0 Å². The van der Waals surface area contributed by atoms with E-state index in [4.69, 9.17) is 0 Å². The van der Waals surface area contributed by atoms with E-state index in [2.05, 4.69) is 39.9 Å². The van der Waals surface area contributed by atoms with Gasteiger partial charge in [-0.1, -0.05) is 30.7 Å². The number of carboxylic acid groups (broad SMARTS) is 1. The summed E-state index contributed by atoms with van der Waals surface area (Å²) in [5, 5.41) is 9.32. The van der Waals surface area contributed by atoms with E-state index in [0.717, 1.165) is 38.9 Å². The largest absolute Gasteiger partial charge is 0.478 e. The molecule has 6 heteroatoms. The minimum absolute atomic E-state index is 0.0805. The average Bonchev–Trinajstić information content (AvgIpc) is 3.25. The average molecular weight is 405 g/mol. The first-order chi connectivity index (χ1) is 14.5. The van der Waals surface area contributed by atoms with Gasteiger partial charge in [-0.05, 0) is 43.0 Å². The second kappa shape index (κ2) is 7.42. The van der Waals surface area contributed by atoms with Crippen molar-refractivity contribution >= 4 is 17.7 Å². The first kappa shape index (κ1) is 19.1. The van der Waals surface area contributed by atoms with Crippen LogP contribution in [-0.2, 0) is 4.79 Å². The molecule has 2 aliphatic heterocycles. The second-order valence-electron chi connectivity index (χ2n) is 8.96. The first-order valence-electron chi connectivity index (χ1n) is 10.8. The molecule has 156 valence electrons. The van der Waals surface area contributed by atoms with Gasteiger partial charge in [0, 0.05) is 43.6 Å². The highest BCUT2D eigenvalue weighted by Crippen LogP contribution is 2.48. The van der Waals surface area contributed by atoms with Crippen LogP contribution in [0.5, 0.6) is 0 Å². The van der Waals surface area contributed by atoms with Gasteiger partial charge in [-0.25, -0.2) is 9.78 Å². The number of hydrogen-bond donors (Lipinski definition) is 1. The standard InChI is InChI=1S/C24H27N3O3/c1-15-5-2-3-8-19(15)22-20-14-26(21-11-17(24(29)30)9-10-25-21)12-18(20)13-27(22)23(28)16-6-4-7-16/h2-3,5,8-11,16,18,20,22H,4,6-7,12-14H2,1H3,(H,29,30)/t18-,20-,22+/m0/s1. The maximum absolute atomic E-state index is 13.3. The Labute approximate surface area is 176 Å². The maximum Gasteiger partial charge on any atom is 0.335 e. The Balaban J connectivity index is 1.45. The Kier molecular flexibility index (Phi) is 4.72. The monoisotopic (exact) mass is 405 g/mol. The van der Waals surface area contributed by atoms with Crippen molar-refractivity contribution in [2.24, 2.45) is 17.8 Å². The molecule has 0 spiro atoms. The first-order valence-corrected chi connectivity index (χ1v) is 10.8. The summed E-state index contributed by atoms with van der Waals surface area (Å²) in [4.78, 5) is 33.4. The van der Waals surface area contributed by atoms with E-state index in [1.54, 1.807) is 12.3 Å². The number of benzene rings is 1. The number of aryl methyl sites for hydroxylation is 1. The van der Waals surface area contributed by atoms with Gasteiger partial charge in [-0.15, -0.1) is 0 Å². The molecule has 3 atom stereocenters. The third kappa shape index (κ3) is 3.15. The minimum Gasteiger partial charge on any atom is -0.478 e. The molecule has 1 saturated carbocycles. The van der Waals surface area contributed by atoms with Crippen LogP contribution in [0.25, 0.3) is 0 Å². The van der Waals surface area contributed by atoms with Crippen molar-refractivity contribution in [1.82, 2.24) is 9.88 Å². The number of pyridine rings is 1. The molecule has 1 aliphatic carbocycles. The van der Waals surface area contributed by atoms with E-state index in [1.807, 2.05) is 6.07 Å². The Bertz CT molecular complexity index is 987. The highest BCUT2D eigenvalue weighted by Gasteiger charge is 2.51. The number of aromatic nitrogens is 1. The zero-order chi connectivity index (χ0) is 20.8. The number of carbonyl (C=O) groups excluding carboxylic acids is 1. The lowest BCUT2D eigenvalue weighted by atomic mass is 9.83. The second-order valence-corrected chi connectivity index (χ2v) is 8.96. The van der Waals surface area contributed by atoms with Crippen molar-refractivity contribution in [2.75, 3.05) is 24.5 Å². The fourth-order valence-electron chi connectivity index (χ4n) is 5.39. The molecular weight excluding hydrogens is 378 g/mol. The van der Waals surface area contributed by atoms with E-state index >= 15 is 0 Å². The summed E-state index contributed by atoms with van der Waals surface area (Å²) >= 11 is 0. The zero-order valence-electron chi connectivity index (χ0n) is 17.2. The molecule has 0 unspecified atom stereocenters. The van der Waals surface area contributed by atoms with Gasteiger partial charge in [0.2, 0.25) is 5.91 Å². The minimum atomic E-state index is -0.937. The van der Waals surface area contributed by atoms with Gasteiger partial charge < -0.3 is 14.9 Å². The fraction of sp³-hybridized carbons (Fsp3) is 0.458. The lowest BCUT2D eigenvalue weighted by Gasteiger charge is -2.36. The van der Waals surface area contributed by atoms with Crippen LogP contribution in [0.2, 0.25) is 0 Å². The molecule has 6 nitrogen and oxygen atoms in total. The van der Waals surface area contributed by atoms with E-state index in [1.165, 1.54) is 17.2 Å². The number of rotatable bonds is 4. The van der Waals surface area contributed by atoms with Crippen LogP contribution >= 0.6 is 0 Å². The molecule has 1 aromatic heterocycles. The maximum atomic E-state index is 13.3. The number of carbonyl (C=O) groups is 2. The van der Waals surface area contributed by atoms with E-state index in [0.29, 0.717) is 23.6 Å². The van der Waals surface area contributed by atoms with Crippen LogP contribution in [-0.4, -0.2) is 46.5 Å². The molecule has 0 radical (unpaired) electrons. The zero-order valence-corrected chi connectivity index (χ0v) is 17.2. The molecular formula is C24H27N3O3. The van der Waals surface area contributed by atoms with Crippen molar-refractivity contribution < 1.29 is 14.7 Å². The van der Waals surface area contributed by atoms with Gasteiger partial charge in [-0.2, -0.15) is 0 Å². The Morgan fingerprint density at radius 1 is 1.10 bits per heavy atom. The van der Waals surface area contributed by atoms with Gasteiger partial charge in [-0.3, -0.25) is 4.79 Å². The van der Waals surface area contributed by atoms with Gasteiger partial charge in [0.15, 0.2) is 0 Å². The van der Waals surface area contributed by atoms with Crippen molar-refractivity contribution in [1.29, 1.82) is 0 Å². The molecule has 3 aliphatic rings. The smallest absolute Gasteiger partial charge is 0.335 e. The predicted molar refractivity (Wildman–Crippen MR) is 113 cm³/mol. The van der Waals surface area contributed by atoms with Crippen molar-refractivity contribution in [3.05, 3.63) is 59.3 Å². The van der Waals surface area contributed by atoms with Gasteiger partial charge in [0.05, 0.1) is 11.6 Å². The molecule has 0 bridgehead atoms. The number of hydrogen-bond acceptors (Lipinski definition) is 4. The summed E-state index contributed by atoms with van der Waals surface area (Å²) in [7, 11) is 0. The summed E-state index contributed by atoms with van der Waals surface area (Å²) in [6, 6.07) is 11.7. The Morgan fingerprint density at radius 2 is 1.90 bits per heavy atom. The van der Waals surface area contributed by atoms with Gasteiger partial charge in [0.1, 0.15) is 5.82 Å². The van der Waals surface area contributed by atoms with Crippen LogP contribution in [0.15, 0.2) is 42.6 Å². The van der Waals surface area contributed by atoms with E-state index in [-0.39, 0.29) is 17.5 Å². The SMILES string of the molecule is Cc1ccccc1[C@@H]1[C@H]2CN(c3cc(C(=O)O)ccn3)C[C@H]2CN1C(=O)C1CCC1. The molecule has 5 rings (SSSR count). The topological polar surface area (TPSA) is 73.7 Å². The number of carboxylic acids is 1. The molecule has 1 amide bonds. The van der Waals surface area contributed by atoms with Crippen LogP contribution in [0.4, 0.5) is 5.82 Å². The van der Waals surface area contributed by atoms with Crippen LogP contribution in [0, 0.1) is 24.7 Å². The number of amides is 1. The van der Waals surface area contributed by atoms with Crippen molar-refractivity contribution in [3.8, 4) is 0 Å². The molecule has 3 heterocycles. The van der Waals surface area contributed by atoms with Crippen LogP contribution in [0.1, 0.15) is 46.8 Å². The molecule has 1 N–H and O–H groups in total. The Hall–Kier alpha value is -2.89. The third-order valence-corrected chi connectivity index (χ3v) is 7.23. The van der Waals surface area contributed by atoms with Gasteiger partial charge >= 0.3 is 5.97 Å².